The number of amides is 2. The fourth-order valence-corrected chi connectivity index (χ4v) is 1.87. The minimum absolute atomic E-state index is 0.118. The van der Waals surface area contributed by atoms with E-state index >= 15 is 0 Å². The van der Waals surface area contributed by atoms with Gasteiger partial charge in [0.05, 0.1) is 5.56 Å². The summed E-state index contributed by atoms with van der Waals surface area (Å²) < 4.78 is 40.6. The molecule has 0 fully saturated rings. The van der Waals surface area contributed by atoms with Crippen molar-refractivity contribution in [2.75, 3.05) is 13.7 Å². The summed E-state index contributed by atoms with van der Waals surface area (Å²) in [6.45, 7) is 2.37. The molecule has 1 aromatic rings. The van der Waals surface area contributed by atoms with Gasteiger partial charge in [0.25, 0.3) is 5.91 Å². The van der Waals surface area contributed by atoms with Gasteiger partial charge in [0, 0.05) is 19.3 Å². The van der Waals surface area contributed by atoms with Crippen LogP contribution in [0.15, 0.2) is 18.3 Å². The first-order valence-corrected chi connectivity index (χ1v) is 7.30. The summed E-state index contributed by atoms with van der Waals surface area (Å²) in [7, 11) is 1.47. The number of nitrogens with one attached hydrogen (secondary N) is 2. The van der Waals surface area contributed by atoms with Crippen molar-refractivity contribution in [1.82, 2.24) is 15.6 Å². The maximum absolute atomic E-state index is 12.1. The molecule has 0 aliphatic carbocycles. The van der Waals surface area contributed by atoms with E-state index in [-0.39, 0.29) is 23.3 Å². The van der Waals surface area contributed by atoms with Crippen LogP contribution in [-0.4, -0.2) is 42.7 Å². The summed E-state index contributed by atoms with van der Waals surface area (Å²) in [5, 5.41) is 5.05. The lowest BCUT2D eigenvalue weighted by molar-refractivity contribution is -0.154. The van der Waals surface area contributed by atoms with Crippen molar-refractivity contribution in [2.45, 2.75) is 32.5 Å². The molecular weight excluding hydrogens is 327 g/mol. The van der Waals surface area contributed by atoms with Crippen LogP contribution in [-0.2, 0) is 4.79 Å². The van der Waals surface area contributed by atoms with Crippen molar-refractivity contribution in [3.05, 3.63) is 23.9 Å². The van der Waals surface area contributed by atoms with Crippen LogP contribution >= 0.6 is 0 Å². The minimum Gasteiger partial charge on any atom is -0.468 e. The van der Waals surface area contributed by atoms with Crippen LogP contribution in [0.25, 0.3) is 0 Å². The van der Waals surface area contributed by atoms with Gasteiger partial charge in [-0.3, -0.25) is 9.59 Å². The van der Waals surface area contributed by atoms with Crippen LogP contribution in [0.5, 0.6) is 5.88 Å². The summed E-state index contributed by atoms with van der Waals surface area (Å²) in [4.78, 5) is 27.6. The standard InChI is InChI=1S/C15H20F3N3O3/c1-9(2)6-11(14(23)19-3)21-13(22)10-4-5-12(20-7-10)24-8-15(16,17)18/h4-5,7,9,11H,6,8H2,1-3H3,(H,19,23)(H,21,22). The van der Waals surface area contributed by atoms with Crippen LogP contribution < -0.4 is 15.4 Å². The number of pyridine rings is 1. The lowest BCUT2D eigenvalue weighted by Crippen LogP contribution is -2.46. The van der Waals surface area contributed by atoms with Crippen LogP contribution in [0.1, 0.15) is 30.6 Å². The number of hydrogen-bond donors (Lipinski definition) is 2. The van der Waals surface area contributed by atoms with Crippen molar-refractivity contribution in [2.24, 2.45) is 5.92 Å². The molecule has 0 saturated heterocycles. The highest BCUT2D eigenvalue weighted by Crippen LogP contribution is 2.17. The zero-order valence-electron chi connectivity index (χ0n) is 13.6. The summed E-state index contributed by atoms with van der Waals surface area (Å²) in [5.41, 5.74) is 0.118. The van der Waals surface area contributed by atoms with Gasteiger partial charge < -0.3 is 15.4 Å². The number of carbonyl (C=O) groups excluding carboxylic acids is 2. The van der Waals surface area contributed by atoms with Crippen molar-refractivity contribution in [3.63, 3.8) is 0 Å². The lowest BCUT2D eigenvalue weighted by atomic mass is 10.0. The molecule has 24 heavy (non-hydrogen) atoms. The second kappa shape index (κ2) is 8.51. The van der Waals surface area contributed by atoms with Crippen LogP contribution in [0.3, 0.4) is 0 Å². The number of halogens is 3. The molecule has 0 saturated carbocycles. The fourth-order valence-electron chi connectivity index (χ4n) is 1.87. The van der Waals surface area contributed by atoms with Gasteiger partial charge in [-0.25, -0.2) is 4.98 Å². The molecule has 1 unspecified atom stereocenters. The number of aromatic nitrogens is 1. The van der Waals surface area contributed by atoms with E-state index in [2.05, 4.69) is 20.4 Å². The molecule has 6 nitrogen and oxygen atoms in total. The van der Waals surface area contributed by atoms with Gasteiger partial charge in [-0.1, -0.05) is 13.8 Å². The van der Waals surface area contributed by atoms with Crippen LogP contribution in [0.2, 0.25) is 0 Å². The molecule has 1 atom stereocenters. The Morgan fingerprint density at radius 3 is 2.42 bits per heavy atom. The molecule has 0 spiro atoms. The molecule has 0 aliphatic heterocycles. The number of rotatable bonds is 7. The highest BCUT2D eigenvalue weighted by molar-refractivity contribution is 5.97. The minimum atomic E-state index is -4.46. The van der Waals surface area contributed by atoms with Crippen LogP contribution in [0, 0.1) is 5.92 Å². The molecule has 0 aliphatic rings. The van der Waals surface area contributed by atoms with E-state index in [0.717, 1.165) is 12.3 Å². The lowest BCUT2D eigenvalue weighted by Gasteiger charge is -2.19. The molecule has 1 aromatic heterocycles. The summed E-state index contributed by atoms with van der Waals surface area (Å²) in [5.74, 6) is -0.924. The van der Waals surface area contributed by atoms with E-state index in [1.165, 1.54) is 13.1 Å². The Kier molecular flexibility index (Phi) is 6.99. The quantitative estimate of drug-likeness (QED) is 0.790. The van der Waals surface area contributed by atoms with E-state index in [1.54, 1.807) is 0 Å². The molecule has 0 bridgehead atoms. The molecule has 1 rings (SSSR count). The smallest absolute Gasteiger partial charge is 0.422 e. The summed E-state index contributed by atoms with van der Waals surface area (Å²) in [6.07, 6.45) is -2.92. The number of ether oxygens (including phenoxy) is 1. The molecule has 2 amide bonds. The zero-order valence-corrected chi connectivity index (χ0v) is 13.6. The SMILES string of the molecule is CNC(=O)C(CC(C)C)NC(=O)c1ccc(OCC(F)(F)F)nc1. The van der Waals surface area contributed by atoms with E-state index in [0.29, 0.717) is 6.42 Å². The number of carbonyl (C=O) groups is 2. The number of alkyl halides is 3. The number of likely N-dealkylation sites (N-methyl/N-ethyl adjacent to an activating group) is 1. The van der Waals surface area contributed by atoms with Crippen LogP contribution in [0.4, 0.5) is 13.2 Å². The maximum atomic E-state index is 12.1. The molecule has 9 heteroatoms. The molecular formula is C15H20F3N3O3. The predicted molar refractivity (Wildman–Crippen MR) is 80.6 cm³/mol. The fraction of sp³-hybridized carbons (Fsp3) is 0.533. The highest BCUT2D eigenvalue weighted by atomic mass is 19.4. The Morgan fingerprint density at radius 1 is 1.29 bits per heavy atom. The summed E-state index contributed by atoms with van der Waals surface area (Å²) >= 11 is 0. The predicted octanol–water partition coefficient (Wildman–Crippen LogP) is 1.91. The van der Waals surface area contributed by atoms with E-state index < -0.39 is 24.7 Å². The molecule has 0 aromatic carbocycles. The first-order chi connectivity index (χ1) is 11.1. The monoisotopic (exact) mass is 347 g/mol. The van der Waals surface area contributed by atoms with E-state index in [9.17, 15) is 22.8 Å². The third-order valence-electron chi connectivity index (χ3n) is 2.96. The van der Waals surface area contributed by atoms with Crippen molar-refractivity contribution >= 4 is 11.8 Å². The Morgan fingerprint density at radius 2 is 1.96 bits per heavy atom. The van der Waals surface area contributed by atoms with E-state index in [1.807, 2.05) is 13.8 Å². The summed E-state index contributed by atoms with van der Waals surface area (Å²) in [6, 6.07) is 1.74. The Labute approximate surface area is 137 Å². The van der Waals surface area contributed by atoms with E-state index in [4.69, 9.17) is 0 Å². The van der Waals surface area contributed by atoms with Gasteiger partial charge in [0.1, 0.15) is 6.04 Å². The molecule has 2 N–H and O–H groups in total. The maximum Gasteiger partial charge on any atom is 0.422 e. The highest BCUT2D eigenvalue weighted by Gasteiger charge is 2.28. The molecule has 134 valence electrons. The topological polar surface area (TPSA) is 80.3 Å². The average molecular weight is 347 g/mol. The second-order valence-electron chi connectivity index (χ2n) is 5.56. The normalized spacial score (nSPS) is 12.6. The number of hydrogen-bond acceptors (Lipinski definition) is 4. The Balaban J connectivity index is 2.71. The Hall–Kier alpha value is -2.32. The van der Waals surface area contributed by atoms with Gasteiger partial charge in [0.15, 0.2) is 6.61 Å². The largest absolute Gasteiger partial charge is 0.468 e. The first kappa shape index (κ1) is 19.7. The third-order valence-corrected chi connectivity index (χ3v) is 2.96. The zero-order chi connectivity index (χ0) is 18.3. The van der Waals surface area contributed by atoms with Gasteiger partial charge >= 0.3 is 6.18 Å². The average Bonchev–Trinajstić information content (AvgIpc) is 2.50. The molecule has 1 heterocycles. The van der Waals surface area contributed by atoms with Crippen molar-refractivity contribution in [1.29, 1.82) is 0 Å². The third kappa shape index (κ3) is 6.84. The second-order valence-corrected chi connectivity index (χ2v) is 5.56. The van der Waals surface area contributed by atoms with Crippen molar-refractivity contribution in [3.8, 4) is 5.88 Å². The number of nitrogens with zero attached hydrogens (tertiary/aromatic N) is 1. The Bertz CT molecular complexity index is 559. The van der Waals surface area contributed by atoms with Gasteiger partial charge in [-0.2, -0.15) is 13.2 Å². The molecule has 0 radical (unpaired) electrons. The first-order valence-electron chi connectivity index (χ1n) is 7.30. The van der Waals surface area contributed by atoms with Gasteiger partial charge in [-0.15, -0.1) is 0 Å². The van der Waals surface area contributed by atoms with Gasteiger partial charge in [0.2, 0.25) is 11.8 Å². The van der Waals surface area contributed by atoms with Gasteiger partial charge in [-0.05, 0) is 18.4 Å². The van der Waals surface area contributed by atoms with Crippen molar-refractivity contribution < 1.29 is 27.5 Å².